The highest BCUT2D eigenvalue weighted by Gasteiger charge is 2.31. The van der Waals surface area contributed by atoms with E-state index >= 15 is 0 Å². The van der Waals surface area contributed by atoms with E-state index in [2.05, 4.69) is 45.2 Å². The fraction of sp³-hybridized carbons (Fsp3) is 0.400. The van der Waals surface area contributed by atoms with Gasteiger partial charge in [-0.2, -0.15) is 11.3 Å². The molecular weight excluding hydrogens is 408 g/mol. The molecule has 0 bridgehead atoms. The first-order chi connectivity index (χ1) is 13.9. The normalized spacial score (nSPS) is 18.3. The van der Waals surface area contributed by atoms with Crippen LogP contribution in [0, 0.1) is 0 Å². The highest BCUT2D eigenvalue weighted by Crippen LogP contribution is 2.23. The summed E-state index contributed by atoms with van der Waals surface area (Å²) in [5.41, 5.74) is 1.67. The summed E-state index contributed by atoms with van der Waals surface area (Å²) in [6, 6.07) is 8.06. The number of hydrogen-bond acceptors (Lipinski definition) is 6. The average Bonchev–Trinajstić information content (AvgIpc) is 3.32. The van der Waals surface area contributed by atoms with E-state index in [0.717, 1.165) is 13.1 Å². The van der Waals surface area contributed by atoms with Gasteiger partial charge in [-0.25, -0.2) is 8.42 Å². The van der Waals surface area contributed by atoms with Crippen molar-refractivity contribution < 1.29 is 13.2 Å². The number of benzene rings is 1. The second kappa shape index (κ2) is 9.06. The molecular formula is C20H26N4O3S2. The third-order valence-electron chi connectivity index (χ3n) is 5.02. The van der Waals surface area contributed by atoms with Crippen LogP contribution < -0.4 is 10.0 Å². The summed E-state index contributed by atoms with van der Waals surface area (Å²) in [5, 5.41) is 7.11. The quantitative estimate of drug-likeness (QED) is 0.667. The summed E-state index contributed by atoms with van der Waals surface area (Å²) in [4.78, 5) is 19.5. The molecule has 3 rings (SSSR count). The van der Waals surface area contributed by atoms with Crippen molar-refractivity contribution in [3.05, 3.63) is 52.2 Å². The first-order valence-electron chi connectivity index (χ1n) is 9.61. The molecule has 1 aromatic carbocycles. The van der Waals surface area contributed by atoms with Gasteiger partial charge in [-0.3, -0.25) is 19.4 Å². The molecule has 2 aromatic rings. The molecule has 1 unspecified atom stereocenters. The van der Waals surface area contributed by atoms with E-state index in [4.69, 9.17) is 0 Å². The monoisotopic (exact) mass is 434 g/mol. The van der Waals surface area contributed by atoms with Gasteiger partial charge in [-0.1, -0.05) is 26.0 Å². The SMILES string of the molecule is CCN(CC)C(CNC(=O)[C@H](C)N=C1NS(=O)(=O)c2ccccc21)c1ccsc1. The number of nitrogens with one attached hydrogen (secondary N) is 2. The zero-order valence-electron chi connectivity index (χ0n) is 16.8. The summed E-state index contributed by atoms with van der Waals surface area (Å²) in [5.74, 6) is -0.0326. The number of sulfonamides is 1. The van der Waals surface area contributed by atoms with Gasteiger partial charge in [-0.15, -0.1) is 0 Å². The maximum absolute atomic E-state index is 12.7. The van der Waals surface area contributed by atoms with Crippen LogP contribution in [0.25, 0.3) is 0 Å². The van der Waals surface area contributed by atoms with Crippen molar-refractivity contribution in [1.29, 1.82) is 0 Å². The van der Waals surface area contributed by atoms with Crippen LogP contribution in [0.1, 0.15) is 37.9 Å². The molecule has 1 aliphatic rings. The van der Waals surface area contributed by atoms with Crippen molar-refractivity contribution in [3.63, 3.8) is 0 Å². The van der Waals surface area contributed by atoms with E-state index in [0.29, 0.717) is 12.1 Å². The predicted molar refractivity (Wildman–Crippen MR) is 116 cm³/mol. The number of thiophene rings is 1. The number of amidine groups is 1. The number of aliphatic imine (C=N–C) groups is 1. The van der Waals surface area contributed by atoms with E-state index in [1.165, 1.54) is 11.6 Å². The minimum atomic E-state index is -3.62. The van der Waals surface area contributed by atoms with Crippen LogP contribution in [0.4, 0.5) is 0 Å². The maximum Gasteiger partial charge on any atom is 0.263 e. The Morgan fingerprint density at radius 3 is 2.62 bits per heavy atom. The lowest BCUT2D eigenvalue weighted by Gasteiger charge is -2.29. The number of nitrogens with zero attached hydrogens (tertiary/aromatic N) is 2. The first kappa shape index (κ1) is 21.5. The van der Waals surface area contributed by atoms with Gasteiger partial charge in [0.05, 0.1) is 10.9 Å². The van der Waals surface area contributed by atoms with Crippen LogP contribution in [0.15, 0.2) is 51.0 Å². The number of rotatable bonds is 8. The van der Waals surface area contributed by atoms with E-state index < -0.39 is 16.1 Å². The van der Waals surface area contributed by atoms with Crippen molar-refractivity contribution in [2.45, 2.75) is 37.8 Å². The van der Waals surface area contributed by atoms with Gasteiger partial charge in [0.15, 0.2) is 0 Å². The molecule has 9 heteroatoms. The third-order valence-corrected chi connectivity index (χ3v) is 7.11. The average molecular weight is 435 g/mol. The van der Waals surface area contributed by atoms with Crippen LogP contribution in [-0.4, -0.2) is 50.7 Å². The topological polar surface area (TPSA) is 90.9 Å². The van der Waals surface area contributed by atoms with Crippen LogP contribution in [0.5, 0.6) is 0 Å². The molecule has 1 aromatic heterocycles. The van der Waals surface area contributed by atoms with Gasteiger partial charge in [0.1, 0.15) is 11.9 Å². The van der Waals surface area contributed by atoms with Crippen molar-refractivity contribution in [1.82, 2.24) is 14.9 Å². The number of amides is 1. The van der Waals surface area contributed by atoms with E-state index in [1.807, 2.05) is 5.38 Å². The Hall–Kier alpha value is -2.23. The molecule has 7 nitrogen and oxygen atoms in total. The molecule has 2 atom stereocenters. The lowest BCUT2D eigenvalue weighted by atomic mass is 10.1. The van der Waals surface area contributed by atoms with Gasteiger partial charge in [0.25, 0.3) is 10.0 Å². The fourth-order valence-electron chi connectivity index (χ4n) is 3.41. The van der Waals surface area contributed by atoms with E-state index in [9.17, 15) is 13.2 Å². The van der Waals surface area contributed by atoms with Crippen LogP contribution in [0.2, 0.25) is 0 Å². The number of fused-ring (bicyclic) bond motifs is 1. The molecule has 29 heavy (non-hydrogen) atoms. The Bertz CT molecular complexity index is 983. The molecule has 2 N–H and O–H groups in total. The zero-order chi connectivity index (χ0) is 21.0. The van der Waals surface area contributed by atoms with Gasteiger partial charge >= 0.3 is 0 Å². The Morgan fingerprint density at radius 2 is 1.97 bits per heavy atom. The second-order valence-corrected chi connectivity index (χ2v) is 9.23. The lowest BCUT2D eigenvalue weighted by Crippen LogP contribution is -2.41. The first-order valence-corrected chi connectivity index (χ1v) is 12.0. The standard InChI is InChI=1S/C20H26N4O3S2/c1-4-24(5-2)17(15-10-11-28-13-15)12-21-20(25)14(3)22-19-16-8-6-7-9-18(16)29(26,27)23-19/h6-11,13-14,17H,4-5,12H2,1-3H3,(H,21,25)(H,22,23)/t14-,17?/m0/s1. The molecule has 0 radical (unpaired) electrons. The van der Waals surface area contributed by atoms with Gasteiger partial charge in [0.2, 0.25) is 5.91 Å². The summed E-state index contributed by atoms with van der Waals surface area (Å²) < 4.78 is 26.9. The molecule has 1 aliphatic heterocycles. The van der Waals surface area contributed by atoms with E-state index in [-0.39, 0.29) is 22.7 Å². The molecule has 0 aliphatic carbocycles. The number of carbonyl (C=O) groups is 1. The highest BCUT2D eigenvalue weighted by molar-refractivity contribution is 7.90. The molecule has 1 amide bonds. The number of likely N-dealkylation sites (N-methyl/N-ethyl adjacent to an activating group) is 1. The minimum Gasteiger partial charge on any atom is -0.352 e. The van der Waals surface area contributed by atoms with Crippen LogP contribution in [-0.2, 0) is 14.8 Å². The van der Waals surface area contributed by atoms with Crippen molar-refractivity contribution in [2.24, 2.45) is 4.99 Å². The second-order valence-electron chi connectivity index (χ2n) is 6.79. The largest absolute Gasteiger partial charge is 0.352 e. The molecule has 156 valence electrons. The summed E-state index contributed by atoms with van der Waals surface area (Å²) in [6.45, 7) is 8.09. The minimum absolute atomic E-state index is 0.0887. The lowest BCUT2D eigenvalue weighted by molar-refractivity contribution is -0.122. The fourth-order valence-corrected chi connectivity index (χ4v) is 5.36. The van der Waals surface area contributed by atoms with Crippen molar-refractivity contribution >= 4 is 33.1 Å². The summed E-state index contributed by atoms with van der Waals surface area (Å²) >= 11 is 1.64. The molecule has 0 fully saturated rings. The zero-order valence-corrected chi connectivity index (χ0v) is 18.4. The predicted octanol–water partition coefficient (Wildman–Crippen LogP) is 2.37. The van der Waals surface area contributed by atoms with E-state index in [1.54, 1.807) is 36.5 Å². The van der Waals surface area contributed by atoms with Crippen molar-refractivity contribution in [2.75, 3.05) is 19.6 Å². The third kappa shape index (κ3) is 4.68. The molecule has 0 saturated heterocycles. The van der Waals surface area contributed by atoms with Crippen molar-refractivity contribution in [3.8, 4) is 0 Å². The smallest absolute Gasteiger partial charge is 0.263 e. The van der Waals surface area contributed by atoms with Gasteiger partial charge in [-0.05, 0) is 54.5 Å². The van der Waals surface area contributed by atoms with Crippen LogP contribution in [0.3, 0.4) is 0 Å². The molecule has 2 heterocycles. The summed E-state index contributed by atoms with van der Waals surface area (Å²) in [7, 11) is -3.62. The molecule has 0 spiro atoms. The number of hydrogen-bond donors (Lipinski definition) is 2. The van der Waals surface area contributed by atoms with Crippen LogP contribution >= 0.6 is 11.3 Å². The maximum atomic E-state index is 12.7. The summed E-state index contributed by atoms with van der Waals surface area (Å²) in [6.07, 6.45) is 0. The Morgan fingerprint density at radius 1 is 1.24 bits per heavy atom. The highest BCUT2D eigenvalue weighted by atomic mass is 32.2. The molecule has 0 saturated carbocycles. The Labute approximate surface area is 175 Å². The number of carbonyl (C=O) groups excluding carboxylic acids is 1. The van der Waals surface area contributed by atoms with Gasteiger partial charge < -0.3 is 5.32 Å². The Balaban J connectivity index is 1.72. The van der Waals surface area contributed by atoms with Gasteiger partial charge in [0, 0.05) is 12.1 Å². The Kier molecular flexibility index (Phi) is 6.71.